The first-order valence-electron chi connectivity index (χ1n) is 7.58. The molecule has 1 aromatic rings. The zero-order chi connectivity index (χ0) is 15.9. The van der Waals surface area contributed by atoms with Crippen LogP contribution in [-0.2, 0) is 9.53 Å². The van der Waals surface area contributed by atoms with Crippen molar-refractivity contribution in [2.75, 3.05) is 44.8 Å². The van der Waals surface area contributed by atoms with Gasteiger partial charge in [-0.05, 0) is 25.0 Å². The number of benzene rings is 1. The van der Waals surface area contributed by atoms with E-state index in [1.807, 2.05) is 0 Å². The Bertz CT molecular complexity index is 503. The van der Waals surface area contributed by atoms with Gasteiger partial charge in [0, 0.05) is 52.4 Å². The Labute approximate surface area is 129 Å². The molecule has 0 saturated carbocycles. The molecular formula is C16H22F2N2O2. The number of halogens is 2. The third-order valence-corrected chi connectivity index (χ3v) is 3.87. The maximum absolute atomic E-state index is 13.7. The fourth-order valence-electron chi connectivity index (χ4n) is 2.61. The molecule has 1 amide bonds. The van der Waals surface area contributed by atoms with Gasteiger partial charge in [-0.1, -0.05) is 0 Å². The number of carbonyl (C=O) groups excluding carboxylic acids is 1. The quantitative estimate of drug-likeness (QED) is 0.756. The second-order valence-electron chi connectivity index (χ2n) is 5.41. The first kappa shape index (κ1) is 16.7. The number of hydrogen-bond acceptors (Lipinski definition) is 3. The molecule has 0 atom stereocenters. The van der Waals surface area contributed by atoms with Crippen molar-refractivity contribution in [3.8, 4) is 0 Å². The Morgan fingerprint density at radius 2 is 1.91 bits per heavy atom. The third kappa shape index (κ3) is 4.40. The second kappa shape index (κ2) is 8.08. The Kier molecular flexibility index (Phi) is 6.12. The van der Waals surface area contributed by atoms with Crippen molar-refractivity contribution in [3.63, 3.8) is 0 Å². The number of unbranched alkanes of at least 4 members (excludes halogenated alkanes) is 1. The Balaban J connectivity index is 1.82. The van der Waals surface area contributed by atoms with Crippen LogP contribution in [0.2, 0.25) is 0 Å². The SMILES string of the molecule is COCCCCC(=O)N1CCN(c2cc(F)ccc2F)CC1. The van der Waals surface area contributed by atoms with Gasteiger partial charge in [0.2, 0.25) is 5.91 Å². The molecular weight excluding hydrogens is 290 g/mol. The Hall–Kier alpha value is -1.69. The van der Waals surface area contributed by atoms with Gasteiger partial charge in [-0.15, -0.1) is 0 Å². The number of hydrogen-bond donors (Lipinski definition) is 0. The van der Waals surface area contributed by atoms with Crippen LogP contribution in [0.5, 0.6) is 0 Å². The van der Waals surface area contributed by atoms with Gasteiger partial charge in [0.15, 0.2) is 0 Å². The minimum absolute atomic E-state index is 0.121. The minimum Gasteiger partial charge on any atom is -0.385 e. The first-order valence-corrected chi connectivity index (χ1v) is 7.58. The molecule has 4 nitrogen and oxygen atoms in total. The highest BCUT2D eigenvalue weighted by atomic mass is 19.1. The van der Waals surface area contributed by atoms with Gasteiger partial charge in [0.1, 0.15) is 11.6 Å². The summed E-state index contributed by atoms with van der Waals surface area (Å²) in [5.41, 5.74) is 0.271. The number of piperazine rings is 1. The molecule has 22 heavy (non-hydrogen) atoms. The Morgan fingerprint density at radius 3 is 2.59 bits per heavy atom. The molecule has 1 aliphatic rings. The van der Waals surface area contributed by atoms with Gasteiger partial charge in [-0.2, -0.15) is 0 Å². The van der Waals surface area contributed by atoms with E-state index in [9.17, 15) is 13.6 Å². The zero-order valence-electron chi connectivity index (χ0n) is 12.9. The number of anilines is 1. The van der Waals surface area contributed by atoms with Gasteiger partial charge in [0.05, 0.1) is 5.69 Å². The lowest BCUT2D eigenvalue weighted by atomic mass is 10.2. The topological polar surface area (TPSA) is 32.8 Å². The standard InChI is InChI=1S/C16H22F2N2O2/c1-22-11-3-2-4-16(21)20-9-7-19(8-10-20)15-12-13(17)5-6-14(15)18/h5-6,12H,2-4,7-11H2,1H3. The number of methoxy groups -OCH3 is 1. The largest absolute Gasteiger partial charge is 0.385 e. The summed E-state index contributed by atoms with van der Waals surface area (Å²) in [4.78, 5) is 15.6. The van der Waals surface area contributed by atoms with E-state index in [1.165, 1.54) is 6.07 Å². The summed E-state index contributed by atoms with van der Waals surface area (Å²) in [6.45, 7) is 2.78. The van der Waals surface area contributed by atoms with E-state index in [0.29, 0.717) is 39.2 Å². The molecule has 0 aromatic heterocycles. The molecule has 0 radical (unpaired) electrons. The van der Waals surface area contributed by atoms with E-state index in [-0.39, 0.29) is 11.6 Å². The molecule has 1 saturated heterocycles. The van der Waals surface area contributed by atoms with Gasteiger partial charge in [0.25, 0.3) is 0 Å². The summed E-state index contributed by atoms with van der Waals surface area (Å²) >= 11 is 0. The van der Waals surface area contributed by atoms with E-state index >= 15 is 0 Å². The molecule has 6 heteroatoms. The lowest BCUT2D eigenvalue weighted by Gasteiger charge is -2.36. The number of ether oxygens (including phenoxy) is 1. The number of nitrogens with zero attached hydrogens (tertiary/aromatic N) is 2. The van der Waals surface area contributed by atoms with Crippen LogP contribution in [0.4, 0.5) is 14.5 Å². The molecule has 1 aliphatic heterocycles. The minimum atomic E-state index is -0.451. The number of amides is 1. The van der Waals surface area contributed by atoms with Crippen LogP contribution in [0.1, 0.15) is 19.3 Å². The maximum Gasteiger partial charge on any atom is 0.222 e. The molecule has 0 N–H and O–H groups in total. The highest BCUT2D eigenvalue weighted by Crippen LogP contribution is 2.22. The van der Waals surface area contributed by atoms with Gasteiger partial charge in [-0.3, -0.25) is 4.79 Å². The van der Waals surface area contributed by atoms with E-state index < -0.39 is 11.6 Å². The molecule has 1 aromatic carbocycles. The molecule has 0 spiro atoms. The molecule has 0 aliphatic carbocycles. The predicted octanol–water partition coefficient (Wildman–Crippen LogP) is 2.43. The van der Waals surface area contributed by atoms with Crippen LogP contribution >= 0.6 is 0 Å². The van der Waals surface area contributed by atoms with Crippen molar-refractivity contribution in [2.24, 2.45) is 0 Å². The number of carbonyl (C=O) groups is 1. The molecule has 122 valence electrons. The summed E-state index contributed by atoms with van der Waals surface area (Å²) < 4.78 is 31.9. The van der Waals surface area contributed by atoms with Crippen LogP contribution in [0.15, 0.2) is 18.2 Å². The molecule has 1 heterocycles. The molecule has 0 unspecified atom stereocenters. The first-order chi connectivity index (χ1) is 10.6. The third-order valence-electron chi connectivity index (χ3n) is 3.87. The second-order valence-corrected chi connectivity index (χ2v) is 5.41. The van der Waals surface area contributed by atoms with Crippen LogP contribution in [0, 0.1) is 11.6 Å². The lowest BCUT2D eigenvalue weighted by molar-refractivity contribution is -0.131. The van der Waals surface area contributed by atoms with Crippen molar-refractivity contribution in [1.82, 2.24) is 4.90 Å². The van der Waals surface area contributed by atoms with Crippen molar-refractivity contribution in [1.29, 1.82) is 0 Å². The lowest BCUT2D eigenvalue weighted by Crippen LogP contribution is -2.49. The summed E-state index contributed by atoms with van der Waals surface area (Å²) in [7, 11) is 1.65. The zero-order valence-corrected chi connectivity index (χ0v) is 12.9. The Morgan fingerprint density at radius 1 is 1.18 bits per heavy atom. The van der Waals surface area contributed by atoms with Gasteiger partial charge >= 0.3 is 0 Å². The molecule has 0 bridgehead atoms. The highest BCUT2D eigenvalue weighted by molar-refractivity contribution is 5.76. The number of rotatable bonds is 6. The van der Waals surface area contributed by atoms with E-state index in [2.05, 4.69) is 0 Å². The van der Waals surface area contributed by atoms with Crippen LogP contribution in [0.3, 0.4) is 0 Å². The molecule has 1 fully saturated rings. The van der Waals surface area contributed by atoms with Crippen molar-refractivity contribution < 1.29 is 18.3 Å². The van der Waals surface area contributed by atoms with Gasteiger partial charge in [-0.25, -0.2) is 8.78 Å². The van der Waals surface area contributed by atoms with Crippen LogP contribution in [-0.4, -0.2) is 50.7 Å². The average molecular weight is 312 g/mol. The van der Waals surface area contributed by atoms with Crippen LogP contribution in [0.25, 0.3) is 0 Å². The fourth-order valence-corrected chi connectivity index (χ4v) is 2.61. The monoisotopic (exact) mass is 312 g/mol. The van der Waals surface area contributed by atoms with Gasteiger partial charge < -0.3 is 14.5 Å². The normalized spacial score (nSPS) is 15.2. The fraction of sp³-hybridized carbons (Fsp3) is 0.562. The average Bonchev–Trinajstić information content (AvgIpc) is 2.54. The van der Waals surface area contributed by atoms with Crippen molar-refractivity contribution in [3.05, 3.63) is 29.8 Å². The van der Waals surface area contributed by atoms with E-state index in [0.717, 1.165) is 25.0 Å². The van der Waals surface area contributed by atoms with Crippen molar-refractivity contribution in [2.45, 2.75) is 19.3 Å². The van der Waals surface area contributed by atoms with E-state index in [1.54, 1.807) is 16.9 Å². The van der Waals surface area contributed by atoms with Crippen molar-refractivity contribution >= 4 is 11.6 Å². The predicted molar refractivity (Wildman–Crippen MR) is 80.9 cm³/mol. The molecule has 2 rings (SSSR count). The van der Waals surface area contributed by atoms with Crippen LogP contribution < -0.4 is 4.90 Å². The maximum atomic E-state index is 13.7. The summed E-state index contributed by atoms with van der Waals surface area (Å²) in [5.74, 6) is -0.760. The summed E-state index contributed by atoms with van der Waals surface area (Å²) in [6.07, 6.45) is 2.19. The highest BCUT2D eigenvalue weighted by Gasteiger charge is 2.22. The summed E-state index contributed by atoms with van der Waals surface area (Å²) in [5, 5.41) is 0. The summed E-state index contributed by atoms with van der Waals surface area (Å²) in [6, 6.07) is 3.45. The van der Waals surface area contributed by atoms with E-state index in [4.69, 9.17) is 4.74 Å². The smallest absolute Gasteiger partial charge is 0.222 e.